The number of ether oxygens (including phenoxy) is 1. The fourth-order valence-corrected chi connectivity index (χ4v) is 4.47. The number of amides is 1. The quantitative estimate of drug-likeness (QED) is 0.224. The Morgan fingerprint density at radius 2 is 1.76 bits per heavy atom. The molecule has 3 N–H and O–H groups in total. The second-order valence-electron chi connectivity index (χ2n) is 7.67. The second-order valence-corrected chi connectivity index (χ2v) is 9.36. The smallest absolute Gasteiger partial charge is 0.416 e. The summed E-state index contributed by atoms with van der Waals surface area (Å²) in [6.07, 6.45) is -4.67. The molecule has 1 amide bonds. The Labute approximate surface area is 207 Å². The van der Waals surface area contributed by atoms with Crippen molar-refractivity contribution in [1.82, 2.24) is 9.71 Å². The Balaban J connectivity index is 1.67. The Bertz CT molecular complexity index is 1620. The first-order chi connectivity index (χ1) is 17.4. The number of aromatic nitrogens is 1. The van der Waals surface area contributed by atoms with Gasteiger partial charge >= 0.3 is 6.18 Å². The van der Waals surface area contributed by atoms with Crippen molar-refractivity contribution in [2.75, 3.05) is 12.4 Å². The first kappa shape index (κ1) is 25.5. The van der Waals surface area contributed by atoms with Crippen LogP contribution in [0.15, 0.2) is 71.6 Å². The molecular formula is C23H17F3N4O6S. The molecule has 0 radical (unpaired) electrons. The average Bonchev–Trinajstić information content (AvgIpc) is 3.30. The normalized spacial score (nSPS) is 11.8. The molecule has 0 fully saturated rings. The third-order valence-electron chi connectivity index (χ3n) is 5.28. The number of nitrogens with one attached hydrogen (secondary N) is 3. The summed E-state index contributed by atoms with van der Waals surface area (Å²) in [5.74, 6) is -0.622. The molecule has 0 spiro atoms. The number of hydrogen-bond donors (Lipinski definition) is 3. The van der Waals surface area contributed by atoms with Crippen molar-refractivity contribution >= 4 is 43.9 Å². The number of aromatic amines is 1. The lowest BCUT2D eigenvalue weighted by atomic mass is 10.1. The number of nitrogens with zero attached hydrogens (tertiary/aromatic N) is 1. The Morgan fingerprint density at radius 1 is 1.05 bits per heavy atom. The van der Waals surface area contributed by atoms with Crippen molar-refractivity contribution in [3.8, 4) is 5.75 Å². The number of non-ortho nitro benzene ring substituents is 1. The topological polar surface area (TPSA) is 143 Å². The molecule has 0 atom stereocenters. The maximum absolute atomic E-state index is 12.8. The fraction of sp³-hybridized carbons (Fsp3) is 0.0870. The molecule has 10 nitrogen and oxygen atoms in total. The van der Waals surface area contributed by atoms with Gasteiger partial charge in [-0.1, -0.05) is 6.07 Å². The lowest BCUT2D eigenvalue weighted by molar-refractivity contribution is -0.383. The van der Waals surface area contributed by atoms with Gasteiger partial charge in [0.2, 0.25) is 0 Å². The molecule has 0 saturated heterocycles. The van der Waals surface area contributed by atoms with Crippen LogP contribution in [0.1, 0.15) is 16.1 Å². The van der Waals surface area contributed by atoms with E-state index in [2.05, 4.69) is 10.3 Å². The molecule has 0 aliphatic carbocycles. The van der Waals surface area contributed by atoms with Crippen molar-refractivity contribution in [2.45, 2.75) is 11.1 Å². The highest BCUT2D eigenvalue weighted by atomic mass is 32.2. The highest BCUT2D eigenvalue weighted by Crippen LogP contribution is 2.34. The Kier molecular flexibility index (Phi) is 6.52. The van der Waals surface area contributed by atoms with Gasteiger partial charge in [-0.15, -0.1) is 0 Å². The second kappa shape index (κ2) is 9.46. The van der Waals surface area contributed by atoms with Gasteiger partial charge in [0.1, 0.15) is 17.0 Å². The van der Waals surface area contributed by atoms with E-state index in [-0.39, 0.29) is 22.3 Å². The minimum atomic E-state index is -4.67. The number of nitro benzene ring substituents is 1. The number of alkyl halides is 3. The van der Waals surface area contributed by atoms with E-state index in [1.165, 1.54) is 25.3 Å². The molecule has 0 aliphatic heterocycles. The number of nitro groups is 1. The lowest BCUT2D eigenvalue weighted by Gasteiger charge is -2.09. The maximum Gasteiger partial charge on any atom is 0.416 e. The van der Waals surface area contributed by atoms with Gasteiger partial charge in [0.05, 0.1) is 22.5 Å². The zero-order valence-corrected chi connectivity index (χ0v) is 19.6. The molecule has 0 bridgehead atoms. The molecule has 0 saturated carbocycles. The van der Waals surface area contributed by atoms with Gasteiger partial charge in [0.15, 0.2) is 0 Å². The van der Waals surface area contributed by atoms with Gasteiger partial charge in [0, 0.05) is 28.9 Å². The molecule has 1 heterocycles. The molecule has 14 heteroatoms. The lowest BCUT2D eigenvalue weighted by Crippen LogP contribution is -2.30. The summed E-state index contributed by atoms with van der Waals surface area (Å²) in [5.41, 5.74) is -0.850. The van der Waals surface area contributed by atoms with Gasteiger partial charge in [0.25, 0.3) is 21.6 Å². The maximum atomic E-state index is 12.8. The van der Waals surface area contributed by atoms with Crippen LogP contribution in [-0.4, -0.2) is 31.3 Å². The monoisotopic (exact) mass is 534 g/mol. The number of benzene rings is 3. The number of methoxy groups -OCH3 is 1. The van der Waals surface area contributed by atoms with Crippen LogP contribution in [0.25, 0.3) is 10.9 Å². The SMILES string of the molecule is COc1cccc(Nc2ccc([N+](=O)[O-])c3[nH]c(C(=O)NS(=O)(=O)c4ccc(C(F)(F)F)cc4)cc23)c1. The molecule has 0 unspecified atom stereocenters. The molecule has 0 aliphatic rings. The number of carbonyl (C=O) groups excluding carboxylic acids is 1. The van der Waals surface area contributed by atoms with Crippen LogP contribution in [0.4, 0.5) is 30.2 Å². The summed E-state index contributed by atoms with van der Waals surface area (Å²) in [7, 11) is -3.07. The van der Waals surface area contributed by atoms with Gasteiger partial charge < -0.3 is 15.0 Å². The van der Waals surface area contributed by atoms with Crippen molar-refractivity contribution in [3.63, 3.8) is 0 Å². The number of carbonyl (C=O) groups is 1. The van der Waals surface area contributed by atoms with Crippen molar-refractivity contribution < 1.29 is 36.0 Å². The molecule has 4 rings (SSSR count). The molecule has 37 heavy (non-hydrogen) atoms. The summed E-state index contributed by atoms with van der Waals surface area (Å²) in [4.78, 5) is 25.6. The van der Waals surface area contributed by atoms with E-state index in [1.807, 2.05) is 0 Å². The van der Waals surface area contributed by atoms with E-state index in [0.717, 1.165) is 0 Å². The van der Waals surface area contributed by atoms with E-state index in [1.54, 1.807) is 29.0 Å². The van der Waals surface area contributed by atoms with Crippen LogP contribution in [0.2, 0.25) is 0 Å². The van der Waals surface area contributed by atoms with E-state index < -0.39 is 37.5 Å². The molecule has 4 aromatic rings. The van der Waals surface area contributed by atoms with Crippen molar-refractivity contribution in [2.24, 2.45) is 0 Å². The van der Waals surface area contributed by atoms with E-state index in [0.29, 0.717) is 41.4 Å². The van der Waals surface area contributed by atoms with Gasteiger partial charge in [-0.3, -0.25) is 14.9 Å². The van der Waals surface area contributed by atoms with Crippen molar-refractivity contribution in [3.05, 3.63) is 88.1 Å². The van der Waals surface area contributed by atoms with Gasteiger partial charge in [-0.25, -0.2) is 13.1 Å². The van der Waals surface area contributed by atoms with Crippen LogP contribution in [0.5, 0.6) is 5.75 Å². The zero-order chi connectivity index (χ0) is 27.0. The van der Waals surface area contributed by atoms with E-state index >= 15 is 0 Å². The van der Waals surface area contributed by atoms with Crippen LogP contribution in [0, 0.1) is 10.1 Å². The van der Waals surface area contributed by atoms with E-state index in [4.69, 9.17) is 4.74 Å². The Morgan fingerprint density at radius 3 is 2.38 bits per heavy atom. The first-order valence-electron chi connectivity index (χ1n) is 10.3. The predicted molar refractivity (Wildman–Crippen MR) is 127 cm³/mol. The van der Waals surface area contributed by atoms with Crippen LogP contribution < -0.4 is 14.8 Å². The highest BCUT2D eigenvalue weighted by Gasteiger charge is 2.31. The first-order valence-corrected chi connectivity index (χ1v) is 11.8. The third kappa shape index (κ3) is 5.33. The number of anilines is 2. The van der Waals surface area contributed by atoms with E-state index in [9.17, 15) is 36.5 Å². The summed E-state index contributed by atoms with van der Waals surface area (Å²) < 4.78 is 70.4. The molecule has 192 valence electrons. The van der Waals surface area contributed by atoms with Crippen LogP contribution in [0.3, 0.4) is 0 Å². The van der Waals surface area contributed by atoms with Crippen LogP contribution >= 0.6 is 0 Å². The predicted octanol–water partition coefficient (Wildman–Crippen LogP) is 4.97. The highest BCUT2D eigenvalue weighted by molar-refractivity contribution is 7.90. The summed E-state index contributed by atoms with van der Waals surface area (Å²) >= 11 is 0. The third-order valence-corrected chi connectivity index (χ3v) is 6.63. The number of sulfonamides is 1. The summed E-state index contributed by atoms with van der Waals surface area (Å²) in [6, 6.07) is 13.2. The van der Waals surface area contributed by atoms with Crippen LogP contribution in [-0.2, 0) is 16.2 Å². The van der Waals surface area contributed by atoms with Gasteiger partial charge in [-0.05, 0) is 48.5 Å². The minimum absolute atomic E-state index is 0.0463. The van der Waals surface area contributed by atoms with Crippen molar-refractivity contribution in [1.29, 1.82) is 0 Å². The van der Waals surface area contributed by atoms with Gasteiger partial charge in [-0.2, -0.15) is 13.2 Å². The minimum Gasteiger partial charge on any atom is -0.497 e. The number of fused-ring (bicyclic) bond motifs is 1. The number of rotatable bonds is 7. The number of H-pyrrole nitrogens is 1. The molecule has 1 aromatic heterocycles. The summed E-state index contributed by atoms with van der Waals surface area (Å²) in [5, 5.41) is 14.8. The largest absolute Gasteiger partial charge is 0.497 e. The molecule has 3 aromatic carbocycles. The Hall–Kier alpha value is -4.59. The summed E-state index contributed by atoms with van der Waals surface area (Å²) in [6.45, 7) is 0. The number of halogens is 3. The average molecular weight is 534 g/mol. The zero-order valence-electron chi connectivity index (χ0n) is 18.8. The fourth-order valence-electron chi connectivity index (χ4n) is 3.50. The molecular weight excluding hydrogens is 517 g/mol. The standard InChI is InChI=1S/C23H17F3N4O6S/c1-36-15-4-2-3-14(11-15)27-18-9-10-20(30(32)33)21-17(18)12-19(28-21)22(31)29-37(34,35)16-7-5-13(6-8-16)23(24,25)26/h2-12,27-28H,1H3,(H,29,31). The number of hydrogen-bond acceptors (Lipinski definition) is 7.